The maximum Gasteiger partial charge on any atom is 0.416 e. The molecule has 1 aromatic carbocycles. The van der Waals surface area contributed by atoms with Gasteiger partial charge in [-0.05, 0) is 86.8 Å². The molecule has 0 saturated heterocycles. The van der Waals surface area contributed by atoms with E-state index in [0.29, 0.717) is 12.2 Å². The van der Waals surface area contributed by atoms with Crippen molar-refractivity contribution in [1.82, 2.24) is 0 Å². The standard InChI is InChI=1S/C20H23F3O2/c21-20(22,23)17-8-15(11-24)9-18(10-17)25-19-2-1-12-3-13-5-14(4-12)7-16(19)6-13/h8-14,16,19H,1-7H2. The first-order valence-corrected chi connectivity index (χ1v) is 9.25. The molecular formula is C20H23F3O2. The molecule has 4 aliphatic carbocycles. The second-order valence-corrected chi connectivity index (χ2v) is 8.18. The summed E-state index contributed by atoms with van der Waals surface area (Å²) in [4.78, 5) is 11.0. The van der Waals surface area contributed by atoms with Gasteiger partial charge in [0.2, 0.25) is 0 Å². The second-order valence-electron chi connectivity index (χ2n) is 8.18. The zero-order chi connectivity index (χ0) is 17.6. The summed E-state index contributed by atoms with van der Waals surface area (Å²) < 4.78 is 45.3. The van der Waals surface area contributed by atoms with Crippen molar-refractivity contribution in [3.63, 3.8) is 0 Å². The number of hydrogen-bond acceptors (Lipinski definition) is 2. The van der Waals surface area contributed by atoms with Gasteiger partial charge in [-0.2, -0.15) is 13.2 Å². The molecule has 0 aromatic heterocycles. The van der Waals surface area contributed by atoms with Gasteiger partial charge in [0.1, 0.15) is 18.1 Å². The predicted octanol–water partition coefficient (Wildman–Crippen LogP) is 5.50. The molecule has 0 spiro atoms. The van der Waals surface area contributed by atoms with Gasteiger partial charge >= 0.3 is 6.18 Å². The van der Waals surface area contributed by atoms with Crippen molar-refractivity contribution in [1.29, 1.82) is 0 Å². The highest BCUT2D eigenvalue weighted by Crippen LogP contribution is 2.50. The van der Waals surface area contributed by atoms with E-state index in [2.05, 4.69) is 0 Å². The Labute approximate surface area is 145 Å². The number of ether oxygens (including phenoxy) is 1. The summed E-state index contributed by atoms with van der Waals surface area (Å²) in [5.74, 6) is 2.89. The molecule has 5 heteroatoms. The van der Waals surface area contributed by atoms with Crippen LogP contribution in [-0.4, -0.2) is 12.4 Å². The van der Waals surface area contributed by atoms with Crippen LogP contribution in [0.1, 0.15) is 60.9 Å². The van der Waals surface area contributed by atoms with E-state index >= 15 is 0 Å². The Hall–Kier alpha value is -1.52. The van der Waals surface area contributed by atoms with Crippen LogP contribution in [-0.2, 0) is 6.18 Å². The smallest absolute Gasteiger partial charge is 0.416 e. The summed E-state index contributed by atoms with van der Waals surface area (Å²) in [5, 5.41) is 0. The minimum atomic E-state index is -4.48. The van der Waals surface area contributed by atoms with E-state index in [9.17, 15) is 18.0 Å². The van der Waals surface area contributed by atoms with Crippen molar-refractivity contribution in [3.8, 4) is 5.75 Å². The lowest BCUT2D eigenvalue weighted by Gasteiger charge is -2.47. The molecule has 3 unspecified atom stereocenters. The molecule has 0 aliphatic heterocycles. The molecule has 0 heterocycles. The number of rotatable bonds is 3. The van der Waals surface area contributed by atoms with Crippen LogP contribution in [0.3, 0.4) is 0 Å². The first kappa shape index (κ1) is 16.9. The molecule has 0 N–H and O–H groups in total. The topological polar surface area (TPSA) is 26.3 Å². The maximum atomic E-state index is 13.1. The van der Waals surface area contributed by atoms with Crippen molar-refractivity contribution < 1.29 is 22.7 Å². The normalized spacial score (nSPS) is 34.4. The Bertz CT molecular complexity index is 641. The number of halogens is 3. The molecule has 0 radical (unpaired) electrons. The Morgan fingerprint density at radius 1 is 0.920 bits per heavy atom. The molecule has 2 nitrogen and oxygen atoms in total. The van der Waals surface area contributed by atoms with Gasteiger partial charge in [0.05, 0.1) is 5.56 Å². The predicted molar refractivity (Wildman–Crippen MR) is 87.5 cm³/mol. The number of alkyl halides is 3. The summed E-state index contributed by atoms with van der Waals surface area (Å²) in [6.07, 6.45) is 4.18. The summed E-state index contributed by atoms with van der Waals surface area (Å²) in [6.45, 7) is 0. The average molecular weight is 352 g/mol. The van der Waals surface area contributed by atoms with Crippen LogP contribution in [0.4, 0.5) is 13.2 Å². The maximum absolute atomic E-state index is 13.1. The third kappa shape index (κ3) is 3.56. The van der Waals surface area contributed by atoms with Crippen molar-refractivity contribution in [2.75, 3.05) is 0 Å². The summed E-state index contributed by atoms with van der Waals surface area (Å²) >= 11 is 0. The molecule has 4 fully saturated rings. The van der Waals surface area contributed by atoms with Crippen LogP contribution in [0.2, 0.25) is 0 Å². The van der Waals surface area contributed by atoms with Gasteiger partial charge in [-0.25, -0.2) is 0 Å². The largest absolute Gasteiger partial charge is 0.490 e. The molecule has 4 saturated carbocycles. The van der Waals surface area contributed by atoms with Crippen molar-refractivity contribution in [2.45, 2.75) is 57.2 Å². The fourth-order valence-electron chi connectivity index (χ4n) is 5.47. The average Bonchev–Trinajstić information content (AvgIpc) is 2.55. The second kappa shape index (κ2) is 6.33. The first-order chi connectivity index (χ1) is 11.9. The Kier molecular flexibility index (Phi) is 4.28. The van der Waals surface area contributed by atoms with Crippen LogP contribution in [0.25, 0.3) is 0 Å². The fourth-order valence-corrected chi connectivity index (χ4v) is 5.47. The molecule has 5 rings (SSSR count). The first-order valence-electron chi connectivity index (χ1n) is 9.25. The number of benzene rings is 1. The van der Waals surface area contributed by atoms with Crippen LogP contribution in [0.5, 0.6) is 5.75 Å². The number of fused-ring (bicyclic) bond motifs is 2. The molecule has 4 aliphatic rings. The van der Waals surface area contributed by atoms with Crippen LogP contribution in [0, 0.1) is 23.7 Å². The monoisotopic (exact) mass is 352 g/mol. The molecule has 0 amide bonds. The quantitative estimate of drug-likeness (QED) is 0.671. The van der Waals surface area contributed by atoms with Crippen LogP contribution < -0.4 is 4.74 Å². The lowest BCUT2D eigenvalue weighted by molar-refractivity contribution is -0.137. The van der Waals surface area contributed by atoms with Crippen LogP contribution in [0.15, 0.2) is 18.2 Å². The van der Waals surface area contributed by atoms with Crippen molar-refractivity contribution in [3.05, 3.63) is 29.3 Å². The lowest BCUT2D eigenvalue weighted by atomic mass is 9.60. The number of hydrogen-bond donors (Lipinski definition) is 0. The highest BCUT2D eigenvalue weighted by Gasteiger charge is 2.42. The molecule has 1 aromatic rings. The van der Waals surface area contributed by atoms with Gasteiger partial charge in [-0.3, -0.25) is 4.79 Å². The molecule has 4 bridgehead atoms. The van der Waals surface area contributed by atoms with E-state index in [1.807, 2.05) is 0 Å². The third-order valence-electron chi connectivity index (χ3n) is 6.34. The van der Waals surface area contributed by atoms with Gasteiger partial charge in [-0.15, -0.1) is 0 Å². The van der Waals surface area contributed by atoms with Gasteiger partial charge in [0.25, 0.3) is 0 Å². The summed E-state index contributed by atoms with van der Waals surface area (Å²) in [7, 11) is 0. The van der Waals surface area contributed by atoms with E-state index in [0.717, 1.165) is 55.6 Å². The summed E-state index contributed by atoms with van der Waals surface area (Å²) in [5.41, 5.74) is -0.803. The Morgan fingerprint density at radius 3 is 2.24 bits per heavy atom. The molecule has 3 atom stereocenters. The number of aldehydes is 1. The van der Waals surface area contributed by atoms with E-state index < -0.39 is 11.7 Å². The van der Waals surface area contributed by atoms with E-state index in [1.165, 1.54) is 25.3 Å². The van der Waals surface area contributed by atoms with E-state index in [-0.39, 0.29) is 17.4 Å². The Morgan fingerprint density at radius 2 is 1.60 bits per heavy atom. The minimum absolute atomic E-state index is 0.0139. The van der Waals surface area contributed by atoms with Crippen molar-refractivity contribution in [2.24, 2.45) is 23.7 Å². The number of carbonyl (C=O) groups excluding carboxylic acids is 1. The third-order valence-corrected chi connectivity index (χ3v) is 6.34. The minimum Gasteiger partial charge on any atom is -0.490 e. The van der Waals surface area contributed by atoms with E-state index in [1.54, 1.807) is 0 Å². The highest BCUT2D eigenvalue weighted by molar-refractivity contribution is 5.76. The lowest BCUT2D eigenvalue weighted by Crippen LogP contribution is -2.41. The molecular weight excluding hydrogens is 329 g/mol. The highest BCUT2D eigenvalue weighted by atomic mass is 19.4. The fraction of sp³-hybridized carbons (Fsp3) is 0.650. The zero-order valence-electron chi connectivity index (χ0n) is 14.1. The van der Waals surface area contributed by atoms with Crippen LogP contribution >= 0.6 is 0 Å². The van der Waals surface area contributed by atoms with Gasteiger partial charge in [0, 0.05) is 5.56 Å². The SMILES string of the molecule is O=Cc1cc(OC2CCC3CC4CC(C3)CC2C4)cc(C(F)(F)F)c1. The number of carbonyl (C=O) groups is 1. The van der Waals surface area contributed by atoms with Gasteiger partial charge < -0.3 is 4.74 Å². The van der Waals surface area contributed by atoms with Gasteiger partial charge in [-0.1, -0.05) is 0 Å². The van der Waals surface area contributed by atoms with Gasteiger partial charge in [0.15, 0.2) is 0 Å². The molecule has 25 heavy (non-hydrogen) atoms. The Balaban J connectivity index is 1.58. The zero-order valence-corrected chi connectivity index (χ0v) is 14.1. The summed E-state index contributed by atoms with van der Waals surface area (Å²) in [6, 6.07) is 3.35. The van der Waals surface area contributed by atoms with E-state index in [4.69, 9.17) is 4.74 Å². The molecule has 136 valence electrons. The van der Waals surface area contributed by atoms with Crippen molar-refractivity contribution >= 4 is 6.29 Å².